The number of carbonyl (C=O) groups is 1. The molecule has 7 nitrogen and oxygen atoms in total. The van der Waals surface area contributed by atoms with Crippen LogP contribution in [0.5, 0.6) is 11.5 Å². The van der Waals surface area contributed by atoms with Crippen molar-refractivity contribution in [3.63, 3.8) is 0 Å². The molecule has 2 aromatic heterocycles. The molecule has 0 atom stereocenters. The van der Waals surface area contributed by atoms with E-state index in [1.807, 2.05) is 42.5 Å². The lowest BCUT2D eigenvalue weighted by Gasteiger charge is -2.26. The molecule has 9 heteroatoms. The van der Waals surface area contributed by atoms with Crippen LogP contribution < -0.4 is 14.4 Å². The first-order valence-electron chi connectivity index (χ1n) is 18.5. The number of hydrogen-bond acceptors (Lipinski definition) is 8. The molecule has 0 saturated heterocycles. The van der Waals surface area contributed by atoms with E-state index in [-0.39, 0.29) is 5.57 Å². The minimum absolute atomic E-state index is 0.336. The molecule has 0 aliphatic heterocycles. The molecule has 0 unspecified atom stereocenters. The van der Waals surface area contributed by atoms with Crippen LogP contribution in [-0.4, -0.2) is 24.3 Å². The van der Waals surface area contributed by atoms with Crippen molar-refractivity contribution in [1.82, 2.24) is 0 Å². The van der Waals surface area contributed by atoms with Crippen LogP contribution in [0.15, 0.2) is 103 Å². The Morgan fingerprint density at radius 3 is 1.65 bits per heavy atom. The highest BCUT2D eigenvalue weighted by atomic mass is 32.1. The fraction of sp³-hybridized carbons (Fsp3) is 0.267. The van der Waals surface area contributed by atoms with Crippen LogP contribution in [0.2, 0.25) is 0 Å². The molecule has 0 aliphatic carbocycles. The molecule has 276 valence electrons. The number of unbranched alkanes of at least 4 members (excludes halogenated alkanes) is 6. The number of nitriles is 2. The molecule has 5 rings (SSSR count). The van der Waals surface area contributed by atoms with Gasteiger partial charge < -0.3 is 19.5 Å². The first-order valence-corrected chi connectivity index (χ1v) is 20.1. The summed E-state index contributed by atoms with van der Waals surface area (Å²) in [5.74, 6) is 0.450. The van der Waals surface area contributed by atoms with Crippen LogP contribution in [0.4, 0.5) is 17.1 Å². The van der Waals surface area contributed by atoms with Crippen molar-refractivity contribution in [3.8, 4) is 34.1 Å². The molecule has 5 aromatic rings. The van der Waals surface area contributed by atoms with E-state index in [1.54, 1.807) is 18.2 Å². The molecule has 1 N–H and O–H groups in total. The van der Waals surface area contributed by atoms with Gasteiger partial charge in [0.25, 0.3) is 0 Å². The molecular formula is C45H45N3O4S2. The Bertz CT molecular complexity index is 2040. The number of thiophene rings is 2. The van der Waals surface area contributed by atoms with Crippen molar-refractivity contribution in [2.75, 3.05) is 18.1 Å². The Morgan fingerprint density at radius 2 is 1.17 bits per heavy atom. The summed E-state index contributed by atoms with van der Waals surface area (Å²) in [6, 6.07) is 36.5. The van der Waals surface area contributed by atoms with E-state index in [0.717, 1.165) is 61.6 Å². The largest absolute Gasteiger partial charge is 0.494 e. The number of anilines is 3. The Morgan fingerprint density at radius 1 is 0.648 bits per heavy atom. The maximum atomic E-state index is 11.2. The van der Waals surface area contributed by atoms with Gasteiger partial charge in [0.2, 0.25) is 0 Å². The number of allylic oxidation sites excluding steroid dienone is 1. The lowest BCUT2D eigenvalue weighted by Crippen LogP contribution is -2.10. The van der Waals surface area contributed by atoms with Gasteiger partial charge in [0.15, 0.2) is 0 Å². The minimum Gasteiger partial charge on any atom is -0.494 e. The highest BCUT2D eigenvalue weighted by molar-refractivity contribution is 7.17. The number of nitrogens with zero attached hydrogens (tertiary/aromatic N) is 3. The second kappa shape index (κ2) is 20.6. The lowest BCUT2D eigenvalue weighted by molar-refractivity contribution is -0.132. The molecule has 0 amide bonds. The zero-order chi connectivity index (χ0) is 38.1. The first-order chi connectivity index (χ1) is 26.4. The maximum absolute atomic E-state index is 11.2. The number of carboxylic acid groups (broad SMARTS) is 1. The van der Waals surface area contributed by atoms with Crippen LogP contribution in [0.1, 0.15) is 79.8 Å². The van der Waals surface area contributed by atoms with Gasteiger partial charge in [0, 0.05) is 36.6 Å². The summed E-state index contributed by atoms with van der Waals surface area (Å²) >= 11 is 2.85. The van der Waals surface area contributed by atoms with Gasteiger partial charge in [-0.2, -0.15) is 10.5 Å². The summed E-state index contributed by atoms with van der Waals surface area (Å²) in [5.41, 5.74) is 4.22. The van der Waals surface area contributed by atoms with Crippen molar-refractivity contribution in [2.45, 2.75) is 65.2 Å². The molecule has 0 fully saturated rings. The lowest BCUT2D eigenvalue weighted by atomic mass is 10.1. The summed E-state index contributed by atoms with van der Waals surface area (Å²) in [6.07, 6.45) is 12.4. The Labute approximate surface area is 326 Å². The smallest absolute Gasteiger partial charge is 0.346 e. The number of benzene rings is 3. The molecule has 0 bridgehead atoms. The number of aliphatic carboxylic acids is 1. The zero-order valence-electron chi connectivity index (χ0n) is 30.8. The maximum Gasteiger partial charge on any atom is 0.346 e. The predicted molar refractivity (Wildman–Crippen MR) is 223 cm³/mol. The van der Waals surface area contributed by atoms with Crippen molar-refractivity contribution < 1.29 is 19.4 Å². The molecule has 54 heavy (non-hydrogen) atoms. The van der Waals surface area contributed by atoms with Crippen LogP contribution in [0, 0.1) is 22.7 Å². The van der Waals surface area contributed by atoms with E-state index in [9.17, 15) is 10.1 Å². The average Bonchev–Trinajstić information content (AvgIpc) is 3.87. The average molecular weight is 756 g/mol. The van der Waals surface area contributed by atoms with Gasteiger partial charge in [-0.15, -0.1) is 22.7 Å². The number of ether oxygens (including phenoxy) is 2. The topological polar surface area (TPSA) is 107 Å². The van der Waals surface area contributed by atoms with Crippen molar-refractivity contribution in [2.24, 2.45) is 0 Å². The zero-order valence-corrected chi connectivity index (χ0v) is 32.4. The highest BCUT2D eigenvalue weighted by Gasteiger charge is 2.15. The summed E-state index contributed by atoms with van der Waals surface area (Å²) in [7, 11) is 0. The molecule has 3 aromatic carbocycles. The Kier molecular flexibility index (Phi) is 15.1. The van der Waals surface area contributed by atoms with Gasteiger partial charge in [0.1, 0.15) is 29.2 Å². The standard InChI is InChI=1S/C45H45N3O4S2/c1-3-5-7-9-27-51-39-19-15-37(16-20-39)48(38-17-21-40(22-18-38)52-28-10-8-6-4-2)36-13-11-33(12-14-36)43-25-26-44(54-43)34(31-46)29-41-23-24-42(53-41)30-35(32-47)45(49)50/h11-26,29-30H,3-10,27-28H2,1-2H3,(H,49,50)/b34-29+,35-30-. The van der Waals surface area contributed by atoms with Gasteiger partial charge in [-0.1, -0.05) is 64.5 Å². The first kappa shape index (κ1) is 39.6. The van der Waals surface area contributed by atoms with Crippen LogP contribution >= 0.6 is 22.7 Å². The molecule has 0 radical (unpaired) electrons. The van der Waals surface area contributed by atoms with Crippen LogP contribution in [0.25, 0.3) is 28.2 Å². The van der Waals surface area contributed by atoms with Crippen LogP contribution in [-0.2, 0) is 4.79 Å². The number of hydrogen-bond donors (Lipinski definition) is 1. The van der Waals surface area contributed by atoms with Crippen molar-refractivity contribution in [1.29, 1.82) is 10.5 Å². The highest BCUT2D eigenvalue weighted by Crippen LogP contribution is 2.39. The normalized spacial score (nSPS) is 11.5. The summed E-state index contributed by atoms with van der Waals surface area (Å²) in [6.45, 7) is 5.85. The van der Waals surface area contributed by atoms with Gasteiger partial charge in [-0.3, -0.25) is 0 Å². The fourth-order valence-corrected chi connectivity index (χ4v) is 7.66. The SMILES string of the molecule is CCCCCCOc1ccc(N(c2ccc(OCCCCCC)cc2)c2ccc(-c3ccc(/C(C#N)=C/c4ccc(/C=C(/C#N)C(=O)O)s4)s3)cc2)cc1. The predicted octanol–water partition coefficient (Wildman–Crippen LogP) is 12.9. The second-order valence-corrected chi connectivity index (χ2v) is 15.0. The van der Waals surface area contributed by atoms with Crippen LogP contribution in [0.3, 0.4) is 0 Å². The fourth-order valence-electron chi connectivity index (χ4n) is 5.79. The van der Waals surface area contributed by atoms with E-state index >= 15 is 0 Å². The number of carboxylic acids is 1. The Hall–Kier alpha value is -5.61. The molecule has 2 heterocycles. The van der Waals surface area contributed by atoms with E-state index in [4.69, 9.17) is 19.8 Å². The second-order valence-electron chi connectivity index (χ2n) is 12.7. The quantitative estimate of drug-likeness (QED) is 0.0479. The molecule has 0 aliphatic rings. The van der Waals surface area contributed by atoms with Gasteiger partial charge in [0.05, 0.1) is 18.8 Å². The van der Waals surface area contributed by atoms with Crippen molar-refractivity contribution >= 4 is 63.4 Å². The Balaban J connectivity index is 1.35. The summed E-state index contributed by atoms with van der Waals surface area (Å²) in [4.78, 5) is 16.7. The summed E-state index contributed by atoms with van der Waals surface area (Å²) in [5, 5.41) is 28.3. The van der Waals surface area contributed by atoms with E-state index in [2.05, 4.69) is 73.3 Å². The van der Waals surface area contributed by atoms with E-state index < -0.39 is 5.97 Å². The molecular weight excluding hydrogens is 711 g/mol. The third-order valence-corrected chi connectivity index (χ3v) is 10.8. The molecule has 0 saturated carbocycles. The van der Waals surface area contributed by atoms with Gasteiger partial charge in [-0.25, -0.2) is 4.79 Å². The monoisotopic (exact) mass is 755 g/mol. The molecule has 0 spiro atoms. The number of rotatable bonds is 20. The van der Waals surface area contributed by atoms with E-state index in [0.29, 0.717) is 23.7 Å². The third-order valence-electron chi connectivity index (χ3n) is 8.70. The third kappa shape index (κ3) is 11.2. The minimum atomic E-state index is -1.27. The summed E-state index contributed by atoms with van der Waals surface area (Å²) < 4.78 is 12.1. The van der Waals surface area contributed by atoms with Crippen molar-refractivity contribution in [3.05, 3.63) is 117 Å². The van der Waals surface area contributed by atoms with Gasteiger partial charge in [-0.05, 0) is 115 Å². The van der Waals surface area contributed by atoms with Gasteiger partial charge >= 0.3 is 5.97 Å². The van der Waals surface area contributed by atoms with E-state index in [1.165, 1.54) is 67.3 Å².